The van der Waals surface area contributed by atoms with Crippen molar-refractivity contribution >= 4 is 23.1 Å². The fourth-order valence-corrected chi connectivity index (χ4v) is 4.46. The number of aromatic hydroxyl groups is 1. The number of aliphatic hydroxyl groups is 1. The van der Waals surface area contributed by atoms with Gasteiger partial charge in [-0.3, -0.25) is 14.5 Å². The number of ketones is 1. The summed E-state index contributed by atoms with van der Waals surface area (Å²) in [4.78, 5) is 28.2. The molecule has 1 saturated heterocycles. The molecule has 3 aromatic rings. The van der Waals surface area contributed by atoms with Gasteiger partial charge in [0.1, 0.15) is 11.5 Å². The SMILES string of the molecule is CCOc1cccc(/C(O)=C2/C(=O)C(=O)N(c3ccc(C(C)C)cc3)C2c2ccc(O)c(OCC)c2)c1. The summed E-state index contributed by atoms with van der Waals surface area (Å²) >= 11 is 0. The second-order valence-corrected chi connectivity index (χ2v) is 9.04. The molecule has 7 heteroatoms. The molecule has 7 nitrogen and oxygen atoms in total. The first-order valence-electron chi connectivity index (χ1n) is 12.4. The fourth-order valence-electron chi connectivity index (χ4n) is 4.46. The lowest BCUT2D eigenvalue weighted by Gasteiger charge is -2.26. The molecular weight excluding hydrogens is 470 g/mol. The molecule has 0 radical (unpaired) electrons. The molecule has 0 aliphatic carbocycles. The van der Waals surface area contributed by atoms with E-state index >= 15 is 0 Å². The summed E-state index contributed by atoms with van der Waals surface area (Å²) in [6.45, 7) is 8.54. The molecule has 0 spiro atoms. The summed E-state index contributed by atoms with van der Waals surface area (Å²) in [5.41, 5.74) is 2.42. The molecule has 1 aliphatic rings. The lowest BCUT2D eigenvalue weighted by molar-refractivity contribution is -0.132. The maximum Gasteiger partial charge on any atom is 0.300 e. The second kappa shape index (κ2) is 10.8. The zero-order valence-electron chi connectivity index (χ0n) is 21.4. The zero-order chi connectivity index (χ0) is 26.7. The summed E-state index contributed by atoms with van der Waals surface area (Å²) < 4.78 is 11.1. The highest BCUT2D eigenvalue weighted by molar-refractivity contribution is 6.51. The van der Waals surface area contributed by atoms with E-state index in [1.165, 1.54) is 11.0 Å². The van der Waals surface area contributed by atoms with Gasteiger partial charge in [-0.1, -0.05) is 44.2 Å². The Hall–Kier alpha value is -4.26. The highest BCUT2D eigenvalue weighted by Gasteiger charge is 2.47. The van der Waals surface area contributed by atoms with Gasteiger partial charge >= 0.3 is 0 Å². The zero-order valence-corrected chi connectivity index (χ0v) is 21.4. The highest BCUT2D eigenvalue weighted by atomic mass is 16.5. The molecule has 37 heavy (non-hydrogen) atoms. The number of amides is 1. The number of phenolic OH excluding ortho intramolecular Hbond substituents is 1. The monoisotopic (exact) mass is 501 g/mol. The number of aliphatic hydroxyl groups excluding tert-OH is 1. The lowest BCUT2D eigenvalue weighted by Crippen LogP contribution is -2.29. The Morgan fingerprint density at radius 2 is 1.65 bits per heavy atom. The van der Waals surface area contributed by atoms with Gasteiger partial charge in [0.25, 0.3) is 11.7 Å². The van der Waals surface area contributed by atoms with Crippen molar-refractivity contribution in [1.82, 2.24) is 0 Å². The van der Waals surface area contributed by atoms with Crippen LogP contribution in [0.2, 0.25) is 0 Å². The largest absolute Gasteiger partial charge is 0.507 e. The second-order valence-electron chi connectivity index (χ2n) is 9.04. The molecule has 0 aromatic heterocycles. The number of rotatable bonds is 8. The number of anilines is 1. The standard InChI is InChI=1S/C30H31NO6/c1-5-36-23-9-7-8-21(16-23)28(33)26-27(20-12-15-24(32)25(17-20)37-6-2)31(30(35)29(26)34)22-13-10-19(11-14-22)18(3)4/h7-18,27,32-33H,5-6H2,1-4H3/b28-26-. The van der Waals surface area contributed by atoms with Gasteiger partial charge in [0.15, 0.2) is 11.5 Å². The molecule has 1 aliphatic heterocycles. The number of phenols is 1. The third-order valence-electron chi connectivity index (χ3n) is 6.30. The van der Waals surface area contributed by atoms with E-state index in [0.29, 0.717) is 41.7 Å². The Kier molecular flexibility index (Phi) is 7.53. The number of Topliss-reactive ketones (excluding diaryl/α,β-unsaturated/α-hetero) is 1. The number of hydrogen-bond donors (Lipinski definition) is 2. The quantitative estimate of drug-likeness (QED) is 0.225. The summed E-state index contributed by atoms with van der Waals surface area (Å²) in [6, 6.07) is 17.9. The minimum atomic E-state index is -0.944. The van der Waals surface area contributed by atoms with Crippen molar-refractivity contribution in [3.63, 3.8) is 0 Å². The van der Waals surface area contributed by atoms with E-state index in [-0.39, 0.29) is 22.8 Å². The Labute approximate surface area is 216 Å². The van der Waals surface area contributed by atoms with Crippen LogP contribution in [0.25, 0.3) is 5.76 Å². The van der Waals surface area contributed by atoms with Crippen LogP contribution in [0.15, 0.2) is 72.3 Å². The maximum atomic E-state index is 13.4. The van der Waals surface area contributed by atoms with Crippen molar-refractivity contribution in [2.45, 2.75) is 39.7 Å². The number of benzene rings is 3. The average molecular weight is 502 g/mol. The van der Waals surface area contributed by atoms with E-state index in [2.05, 4.69) is 13.8 Å². The number of hydrogen-bond acceptors (Lipinski definition) is 6. The van der Waals surface area contributed by atoms with Gasteiger partial charge in [-0.15, -0.1) is 0 Å². The first-order valence-corrected chi connectivity index (χ1v) is 12.4. The molecule has 3 aromatic carbocycles. The molecule has 1 amide bonds. The van der Waals surface area contributed by atoms with Gasteiger partial charge in [0.05, 0.1) is 24.8 Å². The molecular formula is C30H31NO6. The summed E-state index contributed by atoms with van der Waals surface area (Å²) in [5, 5.41) is 21.7. The summed E-state index contributed by atoms with van der Waals surface area (Å²) in [5.74, 6) is -0.877. The van der Waals surface area contributed by atoms with Crippen LogP contribution >= 0.6 is 0 Å². The van der Waals surface area contributed by atoms with E-state index in [1.807, 2.05) is 19.1 Å². The van der Waals surface area contributed by atoms with Crippen molar-refractivity contribution in [3.8, 4) is 17.2 Å². The van der Waals surface area contributed by atoms with Crippen molar-refractivity contribution < 1.29 is 29.3 Å². The van der Waals surface area contributed by atoms with Crippen LogP contribution in [0.4, 0.5) is 5.69 Å². The third-order valence-corrected chi connectivity index (χ3v) is 6.30. The number of ether oxygens (including phenoxy) is 2. The first-order chi connectivity index (χ1) is 17.8. The normalized spacial score (nSPS) is 16.9. The molecule has 2 N–H and O–H groups in total. The van der Waals surface area contributed by atoms with Gasteiger partial charge in [-0.05, 0) is 67.3 Å². The number of carbonyl (C=O) groups excluding carboxylic acids is 2. The Balaban J connectivity index is 1.92. The van der Waals surface area contributed by atoms with Crippen LogP contribution in [0.5, 0.6) is 17.2 Å². The average Bonchev–Trinajstić information content (AvgIpc) is 3.15. The van der Waals surface area contributed by atoms with Gasteiger partial charge in [0, 0.05) is 11.3 Å². The van der Waals surface area contributed by atoms with Crippen molar-refractivity contribution in [1.29, 1.82) is 0 Å². The van der Waals surface area contributed by atoms with Crippen molar-refractivity contribution in [2.24, 2.45) is 0 Å². The van der Waals surface area contributed by atoms with Gasteiger partial charge < -0.3 is 19.7 Å². The molecule has 1 fully saturated rings. The lowest BCUT2D eigenvalue weighted by atomic mass is 9.94. The predicted octanol–water partition coefficient (Wildman–Crippen LogP) is 5.94. The topological polar surface area (TPSA) is 96.3 Å². The van der Waals surface area contributed by atoms with Crippen molar-refractivity contribution in [2.75, 3.05) is 18.1 Å². The van der Waals surface area contributed by atoms with E-state index < -0.39 is 17.7 Å². The van der Waals surface area contributed by atoms with Gasteiger partial charge in [0.2, 0.25) is 0 Å². The molecule has 1 unspecified atom stereocenters. The fraction of sp³-hybridized carbons (Fsp3) is 0.267. The van der Waals surface area contributed by atoms with Gasteiger partial charge in [-0.2, -0.15) is 0 Å². The van der Waals surface area contributed by atoms with Crippen molar-refractivity contribution in [3.05, 3.63) is 89.0 Å². The minimum Gasteiger partial charge on any atom is -0.507 e. The van der Waals surface area contributed by atoms with Crippen LogP contribution in [-0.2, 0) is 9.59 Å². The van der Waals surface area contributed by atoms with Crippen LogP contribution in [0.3, 0.4) is 0 Å². The molecule has 0 bridgehead atoms. The predicted molar refractivity (Wildman–Crippen MR) is 142 cm³/mol. The molecule has 1 atom stereocenters. The van der Waals surface area contributed by atoms with Crippen LogP contribution in [0, 0.1) is 0 Å². The molecule has 4 rings (SSSR count). The Bertz CT molecular complexity index is 1340. The maximum absolute atomic E-state index is 13.4. The Morgan fingerprint density at radius 3 is 2.30 bits per heavy atom. The van der Waals surface area contributed by atoms with E-state index in [9.17, 15) is 19.8 Å². The van der Waals surface area contributed by atoms with E-state index in [1.54, 1.807) is 55.5 Å². The highest BCUT2D eigenvalue weighted by Crippen LogP contribution is 2.44. The molecule has 0 saturated carbocycles. The van der Waals surface area contributed by atoms with E-state index in [4.69, 9.17) is 9.47 Å². The number of nitrogens with zero attached hydrogens (tertiary/aromatic N) is 1. The first kappa shape index (κ1) is 25.8. The summed E-state index contributed by atoms with van der Waals surface area (Å²) in [7, 11) is 0. The van der Waals surface area contributed by atoms with Crippen LogP contribution in [-0.4, -0.2) is 35.1 Å². The van der Waals surface area contributed by atoms with E-state index in [0.717, 1.165) is 5.56 Å². The minimum absolute atomic E-state index is 0.0558. The molecule has 192 valence electrons. The smallest absolute Gasteiger partial charge is 0.300 e. The van der Waals surface area contributed by atoms with Crippen LogP contribution < -0.4 is 14.4 Å². The Morgan fingerprint density at radius 1 is 0.946 bits per heavy atom. The third kappa shape index (κ3) is 5.03. The van der Waals surface area contributed by atoms with Gasteiger partial charge in [-0.25, -0.2) is 0 Å². The van der Waals surface area contributed by atoms with Crippen LogP contribution in [0.1, 0.15) is 56.3 Å². The summed E-state index contributed by atoms with van der Waals surface area (Å²) in [6.07, 6.45) is 0. The number of carbonyl (C=O) groups is 2. The molecule has 1 heterocycles.